The number of benzene rings is 6. The maximum absolute atomic E-state index is 6.45. The quantitative estimate of drug-likeness (QED) is 0.0283. The highest BCUT2D eigenvalue weighted by molar-refractivity contribution is 7.27. The van der Waals surface area contributed by atoms with Crippen LogP contribution < -0.4 is 0 Å². The zero-order chi connectivity index (χ0) is 68.2. The van der Waals surface area contributed by atoms with Crippen LogP contribution in [0.2, 0.25) is 0 Å². The van der Waals surface area contributed by atoms with E-state index in [2.05, 4.69) is 173 Å². The molecule has 0 unspecified atom stereocenters. The van der Waals surface area contributed by atoms with Gasteiger partial charge >= 0.3 is 0 Å². The third-order valence-corrected chi connectivity index (χ3v) is 28.3. The maximum Gasteiger partial charge on any atom is 0.145 e. The van der Waals surface area contributed by atoms with Crippen LogP contribution in [0.25, 0.3) is 126 Å². The minimum absolute atomic E-state index is 0.956. The second kappa shape index (κ2) is 37.0. The van der Waals surface area contributed by atoms with Crippen molar-refractivity contribution in [3.8, 4) is 40.8 Å². The smallest absolute Gasteiger partial charge is 0.145 e. The van der Waals surface area contributed by atoms with E-state index in [1.165, 1.54) is 344 Å². The molecule has 524 valence electrons. The van der Waals surface area contributed by atoms with Crippen LogP contribution in [0.1, 0.15) is 253 Å². The van der Waals surface area contributed by atoms with Crippen molar-refractivity contribution in [3.05, 3.63) is 165 Å². The monoisotopic (exact) mass is 1440 g/mol. The van der Waals surface area contributed by atoms with E-state index in [1.54, 1.807) is 9.75 Å². The maximum atomic E-state index is 6.45. The van der Waals surface area contributed by atoms with Gasteiger partial charge in [-0.25, -0.2) is 0 Å². The second-order valence-electron chi connectivity index (χ2n) is 28.8. The number of unbranched alkanes of at least 4 members (excludes halogenated alkanes) is 28. The summed E-state index contributed by atoms with van der Waals surface area (Å²) in [7, 11) is 0. The average molecular weight is 1440 g/mol. The molecule has 0 saturated carbocycles. The molecule has 8 aromatic heterocycles. The first-order valence-corrected chi connectivity index (χ1v) is 44.3. The number of aryl methyl sites for hydroxylation is 4. The molecule has 0 bridgehead atoms. The average Bonchev–Trinajstić information content (AvgIpc) is 1.47. The van der Waals surface area contributed by atoms with Crippen LogP contribution in [0.4, 0.5) is 0 Å². The Morgan fingerprint density at radius 1 is 0.200 bits per heavy atom. The van der Waals surface area contributed by atoms with Gasteiger partial charge < -0.3 is 8.83 Å². The minimum atomic E-state index is 0.956. The van der Waals surface area contributed by atoms with Crippen molar-refractivity contribution in [2.45, 2.75) is 259 Å². The van der Waals surface area contributed by atoms with Gasteiger partial charge in [0.15, 0.2) is 0 Å². The molecular weight excluding hydrogens is 1330 g/mol. The molecule has 14 aromatic rings. The normalized spacial score (nSPS) is 12.0. The second-order valence-corrected chi connectivity index (χ2v) is 35.7. The fourth-order valence-corrected chi connectivity index (χ4v) is 21.7. The Bertz CT molecular complexity index is 4240. The highest BCUT2D eigenvalue weighted by atomic mass is 32.1. The standard InChI is InChI=1S/C46H54O2S2.C46H54S4/c1-3-5-7-9-11-13-15-17-19-33-21-29-45(49-33)43-31-39-37-23-24-38-36(35(37)25-27-41(39)47-43)26-28-42-40(38)32-44(48-42)46-30-22-34(50-46)20-18-16-14-12-10-8-6-4-2;1-3-5-7-9-11-13-15-17-19-33-21-27-43(47-33)45-31-39-37-23-24-38-36(35(37)25-29-41(39)49-45)26-30-42-40(38)32-46(50-42)44-28-22-34(48-44)20-18-16-14-12-10-8-6-4-2/h2*21-32H,3-20H2,1-2H3. The molecule has 0 aliphatic carbocycles. The van der Waals surface area contributed by atoms with Gasteiger partial charge in [-0.05, 0) is 192 Å². The van der Waals surface area contributed by atoms with Gasteiger partial charge in [0.1, 0.15) is 22.7 Å². The molecule has 14 rings (SSSR count). The van der Waals surface area contributed by atoms with Crippen LogP contribution in [0.5, 0.6) is 0 Å². The zero-order valence-electron chi connectivity index (χ0n) is 60.6. The molecule has 100 heavy (non-hydrogen) atoms. The van der Waals surface area contributed by atoms with Crippen molar-refractivity contribution in [2.24, 2.45) is 0 Å². The van der Waals surface area contributed by atoms with Crippen LogP contribution in [-0.2, 0) is 25.7 Å². The molecule has 0 spiro atoms. The van der Waals surface area contributed by atoms with Crippen LogP contribution in [0.15, 0.2) is 154 Å². The number of hydrogen-bond acceptors (Lipinski definition) is 8. The lowest BCUT2D eigenvalue weighted by atomic mass is 9.98. The van der Waals surface area contributed by atoms with Crippen molar-refractivity contribution in [2.75, 3.05) is 0 Å². The van der Waals surface area contributed by atoms with Gasteiger partial charge in [0.05, 0.1) is 9.75 Å². The van der Waals surface area contributed by atoms with E-state index in [9.17, 15) is 0 Å². The van der Waals surface area contributed by atoms with E-state index in [1.807, 2.05) is 68.0 Å². The number of rotatable bonds is 40. The third-order valence-electron chi connectivity index (χ3n) is 21.1. The van der Waals surface area contributed by atoms with Crippen molar-refractivity contribution in [1.82, 2.24) is 0 Å². The first-order chi connectivity index (χ1) is 49.4. The number of fused-ring (bicyclic) bond motifs is 14. The van der Waals surface area contributed by atoms with Crippen LogP contribution in [-0.4, -0.2) is 0 Å². The first kappa shape index (κ1) is 72.5. The highest BCUT2D eigenvalue weighted by Gasteiger charge is 2.19. The lowest BCUT2D eigenvalue weighted by Crippen LogP contribution is -1.83. The van der Waals surface area contributed by atoms with E-state index in [4.69, 9.17) is 8.83 Å². The molecule has 0 saturated heterocycles. The van der Waals surface area contributed by atoms with E-state index < -0.39 is 0 Å². The summed E-state index contributed by atoms with van der Waals surface area (Å²) in [5.41, 5.74) is 1.91. The summed E-state index contributed by atoms with van der Waals surface area (Å²) in [6.07, 6.45) is 48.7. The Morgan fingerprint density at radius 3 is 0.770 bits per heavy atom. The van der Waals surface area contributed by atoms with Crippen LogP contribution in [0.3, 0.4) is 0 Å². The van der Waals surface area contributed by atoms with E-state index in [-0.39, 0.29) is 0 Å². The van der Waals surface area contributed by atoms with E-state index in [0.717, 1.165) is 22.7 Å². The predicted octanol–water partition coefficient (Wildman–Crippen LogP) is 33.6. The molecule has 8 heteroatoms. The fraction of sp³-hybridized carbons (Fsp3) is 0.435. The van der Waals surface area contributed by atoms with Gasteiger partial charge in [-0.15, -0.1) is 68.0 Å². The molecule has 0 atom stereocenters. The summed E-state index contributed by atoms with van der Waals surface area (Å²) in [4.78, 5) is 14.2. The van der Waals surface area contributed by atoms with Crippen LogP contribution in [0, 0.1) is 0 Å². The largest absolute Gasteiger partial charge is 0.455 e. The highest BCUT2D eigenvalue weighted by Crippen LogP contribution is 2.46. The molecule has 0 fully saturated rings. The summed E-state index contributed by atoms with van der Waals surface area (Å²) < 4.78 is 15.7. The Hall–Kier alpha value is -5.84. The van der Waals surface area contributed by atoms with E-state index in [0.29, 0.717) is 0 Å². The van der Waals surface area contributed by atoms with Gasteiger partial charge in [0.2, 0.25) is 0 Å². The van der Waals surface area contributed by atoms with Gasteiger partial charge in [0, 0.05) is 70.0 Å². The molecule has 0 aliphatic heterocycles. The van der Waals surface area contributed by atoms with Crippen molar-refractivity contribution < 1.29 is 8.83 Å². The summed E-state index contributed by atoms with van der Waals surface area (Å²) in [6, 6.07) is 55.6. The Morgan fingerprint density at radius 2 is 0.450 bits per heavy atom. The molecule has 2 nitrogen and oxygen atoms in total. The molecule has 8 heterocycles. The van der Waals surface area contributed by atoms with Crippen molar-refractivity contribution in [3.63, 3.8) is 0 Å². The third kappa shape index (κ3) is 18.4. The van der Waals surface area contributed by atoms with E-state index >= 15 is 0 Å². The summed E-state index contributed by atoms with van der Waals surface area (Å²) in [5, 5.41) is 15.7. The summed E-state index contributed by atoms with van der Waals surface area (Å²) in [5.74, 6) is 1.96. The number of hydrogen-bond donors (Lipinski definition) is 0. The minimum Gasteiger partial charge on any atom is -0.455 e. The van der Waals surface area contributed by atoms with Crippen LogP contribution >= 0.6 is 68.0 Å². The number of thiophene rings is 6. The van der Waals surface area contributed by atoms with Gasteiger partial charge in [-0.1, -0.05) is 256 Å². The Labute approximate surface area is 621 Å². The molecule has 0 aliphatic rings. The number of furan rings is 2. The molecule has 0 amide bonds. The summed E-state index contributed by atoms with van der Waals surface area (Å²) >= 11 is 11.7. The Balaban J connectivity index is 0.000000179. The molecule has 6 aromatic carbocycles. The lowest BCUT2D eigenvalue weighted by molar-refractivity contribution is 0.576. The van der Waals surface area contributed by atoms with Gasteiger partial charge in [-0.3, -0.25) is 0 Å². The van der Waals surface area contributed by atoms with Gasteiger partial charge in [-0.2, -0.15) is 0 Å². The molecular formula is C92H108O2S6. The zero-order valence-corrected chi connectivity index (χ0v) is 65.5. The topological polar surface area (TPSA) is 26.3 Å². The van der Waals surface area contributed by atoms with Crippen molar-refractivity contribution in [1.29, 1.82) is 0 Å². The Kier molecular flexibility index (Phi) is 26.9. The SMILES string of the molecule is CCCCCCCCCCc1ccc(-c2cc3c(ccc4c3ccc3c5cc(-c6ccc(CCCCCCCCCC)s6)oc5ccc34)o2)s1.CCCCCCCCCCc1ccc(-c2cc3c(ccc4c3ccc3c5cc(-c6ccc(CCCCCCCCCC)s6)sc5ccc34)s2)s1. The predicted molar refractivity (Wildman–Crippen MR) is 452 cm³/mol. The lowest BCUT2D eigenvalue weighted by Gasteiger charge is -2.06. The van der Waals surface area contributed by atoms with Gasteiger partial charge in [0.25, 0.3) is 0 Å². The fourth-order valence-electron chi connectivity index (χ4n) is 15.3. The first-order valence-electron chi connectivity index (χ1n) is 39.4. The summed E-state index contributed by atoms with van der Waals surface area (Å²) in [6.45, 7) is 9.17. The molecule has 0 N–H and O–H groups in total. The van der Waals surface area contributed by atoms with Crippen molar-refractivity contribution >= 4 is 153 Å². The molecule has 0 radical (unpaired) electrons.